The molecule has 0 bridgehead atoms. The molecule has 0 atom stereocenters. The van der Waals surface area contributed by atoms with Crippen molar-refractivity contribution >= 4 is 21.9 Å². The van der Waals surface area contributed by atoms with Crippen molar-refractivity contribution in [1.82, 2.24) is 40.0 Å². The Morgan fingerprint density at radius 3 is 2.71 bits per heavy atom. The summed E-state index contributed by atoms with van der Waals surface area (Å²) in [6.07, 6.45) is 6.31. The molecule has 6 aromatic rings. The van der Waals surface area contributed by atoms with Gasteiger partial charge >= 0.3 is 0 Å². The number of pyridine rings is 3. The minimum absolute atomic E-state index is 0.0535. The molecular formula is C27H23FN8O2. The highest BCUT2D eigenvalue weighted by molar-refractivity contribution is 5.96. The minimum atomic E-state index is -0.420. The maximum Gasteiger partial charge on any atom is 0.159 e. The van der Waals surface area contributed by atoms with Gasteiger partial charge in [-0.15, -0.1) is 0 Å². The number of H-pyrrole nitrogens is 2. The van der Waals surface area contributed by atoms with E-state index in [2.05, 4.69) is 30.1 Å². The van der Waals surface area contributed by atoms with Crippen LogP contribution in [0.3, 0.4) is 0 Å². The number of ether oxygens (including phenoxy) is 1. The Morgan fingerprint density at radius 1 is 0.974 bits per heavy atom. The molecule has 0 aliphatic carbocycles. The molecule has 0 radical (unpaired) electrons. The highest BCUT2D eigenvalue weighted by atomic mass is 19.1. The van der Waals surface area contributed by atoms with Crippen molar-refractivity contribution in [3.05, 3.63) is 67.0 Å². The third-order valence-electron chi connectivity index (χ3n) is 6.04. The summed E-state index contributed by atoms with van der Waals surface area (Å²) >= 11 is 0. The summed E-state index contributed by atoms with van der Waals surface area (Å²) < 4.78 is 20.3. The molecule has 1 aromatic carbocycles. The van der Waals surface area contributed by atoms with E-state index >= 15 is 0 Å². The Hall–Kier alpha value is -4.90. The van der Waals surface area contributed by atoms with Crippen LogP contribution >= 0.6 is 0 Å². The van der Waals surface area contributed by atoms with Crippen molar-refractivity contribution in [1.29, 1.82) is 0 Å². The summed E-state index contributed by atoms with van der Waals surface area (Å²) in [4.78, 5) is 23.1. The minimum Gasteiger partial charge on any atom is -0.506 e. The average Bonchev–Trinajstić information content (AvgIpc) is 3.51. The first-order chi connectivity index (χ1) is 18.4. The van der Waals surface area contributed by atoms with Crippen LogP contribution in [0.1, 0.15) is 0 Å². The molecule has 0 saturated carbocycles. The van der Waals surface area contributed by atoms with Gasteiger partial charge in [-0.05, 0) is 44.4 Å². The number of likely N-dealkylation sites (N-methyl/N-ethyl adjacent to an activating group) is 1. The van der Waals surface area contributed by atoms with Gasteiger partial charge in [-0.2, -0.15) is 5.10 Å². The van der Waals surface area contributed by atoms with Crippen LogP contribution in [0.15, 0.2) is 61.2 Å². The SMILES string of the molecule is CN(C)CCOc1cc(F)cc(-c2nccc3[nH]c(-c4n[nH]c5cnc(-c6cncc(O)c6)cc45)nc23)c1. The van der Waals surface area contributed by atoms with Crippen LogP contribution in [-0.4, -0.2) is 72.4 Å². The van der Waals surface area contributed by atoms with Crippen LogP contribution in [0.4, 0.5) is 4.39 Å². The second-order valence-electron chi connectivity index (χ2n) is 9.09. The van der Waals surface area contributed by atoms with Crippen LogP contribution in [0.5, 0.6) is 11.5 Å². The molecule has 0 amide bonds. The number of halogens is 1. The topological polar surface area (TPSA) is 129 Å². The van der Waals surface area contributed by atoms with E-state index in [1.54, 1.807) is 30.7 Å². The second-order valence-corrected chi connectivity index (χ2v) is 9.09. The predicted octanol–water partition coefficient (Wildman–Crippen LogP) is 4.41. The van der Waals surface area contributed by atoms with Gasteiger partial charge in [-0.1, -0.05) is 0 Å². The fourth-order valence-electron chi connectivity index (χ4n) is 4.21. The average molecular weight is 511 g/mol. The molecule has 190 valence electrons. The van der Waals surface area contributed by atoms with Crippen molar-refractivity contribution in [2.45, 2.75) is 0 Å². The summed E-state index contributed by atoms with van der Waals surface area (Å²) in [5, 5.41) is 18.1. The molecule has 0 aliphatic rings. The number of hydrogen-bond donors (Lipinski definition) is 3. The maximum absolute atomic E-state index is 14.5. The first kappa shape index (κ1) is 23.5. The molecule has 5 heterocycles. The third kappa shape index (κ3) is 4.50. The van der Waals surface area contributed by atoms with Gasteiger partial charge in [0.1, 0.15) is 35.1 Å². The molecular weight excluding hydrogens is 487 g/mol. The number of nitrogens with zero attached hydrogens (tertiary/aromatic N) is 6. The Labute approximate surface area is 216 Å². The molecule has 0 saturated heterocycles. The standard InChI is InChI=1S/C27H23FN8O2/c1-36(2)5-6-38-19-9-15(7-17(28)10-19)24-26-21(3-4-30-24)32-27(33-26)25-20-11-22(31-14-23(20)34-35-25)16-8-18(37)13-29-12-16/h3-4,7-14,37H,5-6H2,1-2H3,(H,32,33)(H,34,35). The van der Waals surface area contributed by atoms with Gasteiger partial charge in [0.2, 0.25) is 0 Å². The monoisotopic (exact) mass is 510 g/mol. The number of benzene rings is 1. The second kappa shape index (κ2) is 9.52. The van der Waals surface area contributed by atoms with Crippen molar-refractivity contribution in [2.24, 2.45) is 0 Å². The molecule has 0 spiro atoms. The molecule has 0 fully saturated rings. The van der Waals surface area contributed by atoms with Crippen LogP contribution in [-0.2, 0) is 0 Å². The number of hydrogen-bond acceptors (Lipinski definition) is 8. The Kier molecular flexibility index (Phi) is 5.89. The summed E-state index contributed by atoms with van der Waals surface area (Å²) in [5.41, 5.74) is 5.00. The smallest absolute Gasteiger partial charge is 0.159 e. The van der Waals surface area contributed by atoms with Gasteiger partial charge in [0.15, 0.2) is 5.82 Å². The molecule has 6 rings (SSSR count). The summed E-state index contributed by atoms with van der Waals surface area (Å²) in [5.74, 6) is 0.580. The van der Waals surface area contributed by atoms with Crippen molar-refractivity contribution in [2.75, 3.05) is 27.2 Å². The molecule has 11 heteroatoms. The number of imidazole rings is 1. The molecule has 3 N–H and O–H groups in total. The van der Waals surface area contributed by atoms with Gasteiger partial charge < -0.3 is 19.7 Å². The molecule has 0 unspecified atom stereocenters. The van der Waals surface area contributed by atoms with E-state index in [-0.39, 0.29) is 5.75 Å². The van der Waals surface area contributed by atoms with Crippen LogP contribution < -0.4 is 4.74 Å². The number of rotatable bonds is 7. The van der Waals surface area contributed by atoms with Gasteiger partial charge in [-0.25, -0.2) is 9.37 Å². The summed E-state index contributed by atoms with van der Waals surface area (Å²) in [6, 6.07) is 9.81. The number of nitrogens with one attached hydrogen (secondary N) is 2. The fourth-order valence-corrected chi connectivity index (χ4v) is 4.21. The third-order valence-corrected chi connectivity index (χ3v) is 6.04. The summed E-state index contributed by atoms with van der Waals surface area (Å²) in [7, 11) is 3.90. The van der Waals surface area contributed by atoms with E-state index < -0.39 is 5.82 Å². The van der Waals surface area contributed by atoms with E-state index in [0.29, 0.717) is 58.5 Å². The van der Waals surface area contributed by atoms with Crippen LogP contribution in [0.2, 0.25) is 0 Å². The highest BCUT2D eigenvalue weighted by Crippen LogP contribution is 2.33. The molecule has 38 heavy (non-hydrogen) atoms. The van der Waals surface area contributed by atoms with Gasteiger partial charge in [-0.3, -0.25) is 20.1 Å². The zero-order chi connectivity index (χ0) is 26.2. The van der Waals surface area contributed by atoms with Crippen molar-refractivity contribution in [3.8, 4) is 45.5 Å². The van der Waals surface area contributed by atoms with E-state index in [4.69, 9.17) is 9.72 Å². The number of aromatic amines is 2. The lowest BCUT2D eigenvalue weighted by Crippen LogP contribution is -2.19. The van der Waals surface area contributed by atoms with Crippen molar-refractivity contribution < 1.29 is 14.2 Å². The highest BCUT2D eigenvalue weighted by Gasteiger charge is 2.18. The fraction of sp³-hybridized carbons (Fsp3) is 0.148. The van der Waals surface area contributed by atoms with Gasteiger partial charge in [0.05, 0.1) is 34.8 Å². The first-order valence-electron chi connectivity index (χ1n) is 11.9. The molecule has 5 aromatic heterocycles. The van der Waals surface area contributed by atoms with E-state index in [9.17, 15) is 9.50 Å². The quantitative estimate of drug-likeness (QED) is 0.288. The zero-order valence-electron chi connectivity index (χ0n) is 20.6. The largest absolute Gasteiger partial charge is 0.506 e. The number of aromatic nitrogens is 7. The lowest BCUT2D eigenvalue weighted by molar-refractivity contribution is 0.260. The van der Waals surface area contributed by atoms with Crippen LogP contribution in [0.25, 0.3) is 56.0 Å². The first-order valence-corrected chi connectivity index (χ1v) is 11.9. The molecule has 10 nitrogen and oxygen atoms in total. The Morgan fingerprint density at radius 2 is 1.87 bits per heavy atom. The number of fused-ring (bicyclic) bond motifs is 2. The van der Waals surface area contributed by atoms with E-state index in [1.165, 1.54) is 18.3 Å². The van der Waals surface area contributed by atoms with Gasteiger partial charge in [0.25, 0.3) is 0 Å². The maximum atomic E-state index is 14.5. The Bertz CT molecular complexity index is 1780. The lowest BCUT2D eigenvalue weighted by Gasteiger charge is -2.12. The predicted molar refractivity (Wildman–Crippen MR) is 141 cm³/mol. The summed E-state index contributed by atoms with van der Waals surface area (Å²) in [6.45, 7) is 1.14. The molecule has 0 aliphatic heterocycles. The van der Waals surface area contributed by atoms with Gasteiger partial charge in [0, 0.05) is 41.5 Å². The van der Waals surface area contributed by atoms with Crippen LogP contribution in [0, 0.1) is 5.82 Å². The van der Waals surface area contributed by atoms with E-state index in [0.717, 1.165) is 16.4 Å². The number of aromatic hydroxyl groups is 1. The Balaban J connectivity index is 1.40. The van der Waals surface area contributed by atoms with E-state index in [1.807, 2.05) is 31.1 Å². The lowest BCUT2D eigenvalue weighted by atomic mass is 10.1. The normalized spacial score (nSPS) is 11.6. The van der Waals surface area contributed by atoms with Crippen molar-refractivity contribution in [3.63, 3.8) is 0 Å². The zero-order valence-corrected chi connectivity index (χ0v) is 20.6.